The molecule has 5 rings (SSSR count). The van der Waals surface area contributed by atoms with Gasteiger partial charge in [0.15, 0.2) is 28.7 Å². The van der Waals surface area contributed by atoms with Crippen LogP contribution in [0.15, 0.2) is 0 Å². The standard InChI is InChI=1S/C31H61N7O13S/c32-3-4-52(44,45)12-14-7-18(36)26(49-29-17(35)2-1-16(46-29)10-38-9-13-5-15(34)6-13)28(22(14)40)51-31-25(43)27(20(11-39)48-31)50-30-21(37)24(42)23(41)19(8-33)47-30/h13-31,38-43H,1-12,32-37H2/t13?,14-,15?,16-,17+,18-,19-,20+,21+,22-,23+,24+,25+,26+,27+,28+,29+,30+,31-/m0/s1. The minimum absolute atomic E-state index is 0.0401. The summed E-state index contributed by atoms with van der Waals surface area (Å²) in [5, 5.41) is 57.4. The van der Waals surface area contributed by atoms with E-state index in [1.54, 1.807) is 0 Å². The first-order valence-electron chi connectivity index (χ1n) is 18.3. The van der Waals surface area contributed by atoms with Crippen LogP contribution in [0.25, 0.3) is 0 Å². The van der Waals surface area contributed by atoms with E-state index in [1.807, 2.05) is 0 Å². The van der Waals surface area contributed by atoms with Crippen LogP contribution in [0.2, 0.25) is 0 Å². The molecule has 0 aromatic heterocycles. The number of hydrogen-bond acceptors (Lipinski definition) is 20. The first kappa shape index (κ1) is 42.4. The molecule has 2 aliphatic carbocycles. The normalized spacial score (nSPS) is 47.3. The molecule has 21 heteroatoms. The number of hydrogen-bond donors (Lipinski definition) is 12. The number of nitrogens with one attached hydrogen (secondary N) is 1. The number of aliphatic hydroxyl groups is 5. The van der Waals surface area contributed by atoms with Crippen molar-refractivity contribution in [2.24, 2.45) is 46.2 Å². The molecule has 0 bridgehead atoms. The van der Waals surface area contributed by atoms with Crippen molar-refractivity contribution >= 4 is 9.84 Å². The van der Waals surface area contributed by atoms with Crippen LogP contribution in [-0.4, -0.2) is 182 Å². The smallest absolute Gasteiger partial charge is 0.187 e. The third-order valence-corrected chi connectivity index (χ3v) is 12.7. The van der Waals surface area contributed by atoms with Crippen LogP contribution in [-0.2, 0) is 38.3 Å². The average molecular weight is 772 g/mol. The predicted octanol–water partition coefficient (Wildman–Crippen LogP) is -6.81. The number of nitrogens with two attached hydrogens (primary N) is 6. The summed E-state index contributed by atoms with van der Waals surface area (Å²) in [6.07, 6.45) is -12.9. The van der Waals surface area contributed by atoms with E-state index in [4.69, 9.17) is 62.8 Å². The molecule has 52 heavy (non-hydrogen) atoms. The van der Waals surface area contributed by atoms with E-state index in [1.165, 1.54) is 0 Å². The fraction of sp³-hybridized carbons (Fsp3) is 1.00. The van der Waals surface area contributed by atoms with Crippen LogP contribution in [0.4, 0.5) is 0 Å². The van der Waals surface area contributed by atoms with E-state index in [2.05, 4.69) is 5.32 Å². The first-order chi connectivity index (χ1) is 24.7. The highest BCUT2D eigenvalue weighted by Gasteiger charge is 2.54. The van der Waals surface area contributed by atoms with E-state index in [9.17, 15) is 34.0 Å². The Morgan fingerprint density at radius 1 is 0.712 bits per heavy atom. The Hall–Kier alpha value is -0.770. The molecule has 0 aromatic carbocycles. The molecule has 3 aliphatic heterocycles. The molecule has 3 saturated heterocycles. The second kappa shape index (κ2) is 18.4. The highest BCUT2D eigenvalue weighted by molar-refractivity contribution is 7.91. The molecule has 0 spiro atoms. The maximum Gasteiger partial charge on any atom is 0.187 e. The van der Waals surface area contributed by atoms with Gasteiger partial charge in [0.1, 0.15) is 48.8 Å². The third-order valence-electron chi connectivity index (χ3n) is 10.9. The molecule has 17 atom stereocenters. The Morgan fingerprint density at radius 3 is 2.04 bits per heavy atom. The summed E-state index contributed by atoms with van der Waals surface area (Å²) in [5.74, 6) is -1.11. The van der Waals surface area contributed by atoms with Gasteiger partial charge in [0.2, 0.25) is 0 Å². The Bertz CT molecular complexity index is 1230. The van der Waals surface area contributed by atoms with Crippen molar-refractivity contribution in [2.75, 3.05) is 44.3 Å². The number of rotatable bonds is 16. The average Bonchev–Trinajstić information content (AvgIpc) is 3.38. The van der Waals surface area contributed by atoms with Crippen molar-refractivity contribution in [3.05, 3.63) is 0 Å². The second-order valence-electron chi connectivity index (χ2n) is 15.0. The minimum Gasteiger partial charge on any atom is -0.394 e. The maximum atomic E-state index is 12.8. The van der Waals surface area contributed by atoms with Gasteiger partial charge in [0.05, 0.1) is 42.4 Å². The first-order valence-corrected chi connectivity index (χ1v) is 20.1. The zero-order valence-corrected chi connectivity index (χ0v) is 30.1. The summed E-state index contributed by atoms with van der Waals surface area (Å²) in [5.41, 5.74) is 36.2. The van der Waals surface area contributed by atoms with E-state index < -0.39 is 120 Å². The van der Waals surface area contributed by atoms with Gasteiger partial charge in [0.25, 0.3) is 0 Å². The SMILES string of the molecule is NCCS(=O)(=O)C[C@@H]1C[C@H](N)[C@@H](O[C@H]2O[C@H](CNCC3CC(N)C3)CC[C@H]2N)[C@H](O[C@@H]2O[C@H](CO)[C@@H](O[C@H]3O[C@@H](CN)[C@@H](O)[C@H](O)[C@H]3N)[C@H]2O)[C@H]1O. The molecule has 0 unspecified atom stereocenters. The monoisotopic (exact) mass is 771 g/mol. The van der Waals surface area contributed by atoms with Crippen molar-refractivity contribution in [3.8, 4) is 0 Å². The second-order valence-corrected chi connectivity index (χ2v) is 17.3. The van der Waals surface area contributed by atoms with Gasteiger partial charge in [-0.15, -0.1) is 0 Å². The van der Waals surface area contributed by atoms with E-state index in [0.29, 0.717) is 25.3 Å². The molecule has 5 aliphatic rings. The zero-order valence-electron chi connectivity index (χ0n) is 29.3. The molecule has 304 valence electrons. The van der Waals surface area contributed by atoms with E-state index in [0.717, 1.165) is 19.4 Å². The van der Waals surface area contributed by atoms with Gasteiger partial charge in [-0.05, 0) is 44.6 Å². The van der Waals surface area contributed by atoms with Crippen LogP contribution < -0.4 is 39.7 Å². The Kier molecular flexibility index (Phi) is 15.0. The Labute approximate surface area is 304 Å². The number of ether oxygens (including phenoxy) is 6. The molecule has 18 N–H and O–H groups in total. The summed E-state index contributed by atoms with van der Waals surface area (Å²) in [7, 11) is -3.69. The van der Waals surface area contributed by atoms with Gasteiger partial charge in [-0.3, -0.25) is 0 Å². The van der Waals surface area contributed by atoms with Crippen molar-refractivity contribution in [3.63, 3.8) is 0 Å². The number of aliphatic hydroxyl groups excluding tert-OH is 5. The summed E-state index contributed by atoms with van der Waals surface area (Å²) in [6, 6.07) is -2.44. The maximum absolute atomic E-state index is 12.8. The minimum atomic E-state index is -3.69. The summed E-state index contributed by atoms with van der Waals surface area (Å²) in [4.78, 5) is 0. The van der Waals surface area contributed by atoms with Crippen molar-refractivity contribution in [2.45, 2.75) is 136 Å². The fourth-order valence-corrected chi connectivity index (χ4v) is 9.36. The van der Waals surface area contributed by atoms with Gasteiger partial charge in [-0.1, -0.05) is 0 Å². The fourth-order valence-electron chi connectivity index (χ4n) is 7.85. The molecule has 0 aromatic rings. The van der Waals surface area contributed by atoms with Crippen molar-refractivity contribution < 1.29 is 62.4 Å². The lowest BCUT2D eigenvalue weighted by molar-refractivity contribution is -0.291. The lowest BCUT2D eigenvalue weighted by atomic mass is 9.80. The van der Waals surface area contributed by atoms with Crippen LogP contribution >= 0.6 is 0 Å². The largest absolute Gasteiger partial charge is 0.394 e. The molecule has 0 radical (unpaired) electrons. The molecule has 2 saturated carbocycles. The van der Waals surface area contributed by atoms with Crippen LogP contribution in [0.1, 0.15) is 32.1 Å². The van der Waals surface area contributed by atoms with Gasteiger partial charge < -0.3 is 93.7 Å². The molecule has 5 fully saturated rings. The predicted molar refractivity (Wildman–Crippen MR) is 183 cm³/mol. The van der Waals surface area contributed by atoms with Crippen LogP contribution in [0.5, 0.6) is 0 Å². The molecule has 20 nitrogen and oxygen atoms in total. The lowest BCUT2D eigenvalue weighted by Crippen LogP contribution is -2.64. The highest BCUT2D eigenvalue weighted by Crippen LogP contribution is 2.36. The Morgan fingerprint density at radius 2 is 1.38 bits per heavy atom. The topological polar surface area (TPSA) is 359 Å². The quantitative estimate of drug-likeness (QED) is 0.0693. The zero-order chi connectivity index (χ0) is 37.9. The van der Waals surface area contributed by atoms with Gasteiger partial charge in [0, 0.05) is 37.6 Å². The molecular formula is C31H61N7O13S. The molecule has 3 heterocycles. The molecular weight excluding hydrogens is 710 g/mol. The summed E-state index contributed by atoms with van der Waals surface area (Å²) in [6.45, 7) is 0.435. The van der Waals surface area contributed by atoms with Gasteiger partial charge in [-0.25, -0.2) is 8.42 Å². The van der Waals surface area contributed by atoms with Crippen LogP contribution in [0.3, 0.4) is 0 Å². The highest BCUT2D eigenvalue weighted by atomic mass is 32.2. The lowest BCUT2D eigenvalue weighted by Gasteiger charge is -2.46. The summed E-state index contributed by atoms with van der Waals surface area (Å²) < 4.78 is 61.9. The van der Waals surface area contributed by atoms with E-state index in [-0.39, 0.29) is 37.4 Å². The third kappa shape index (κ3) is 9.96. The number of sulfone groups is 1. The molecule has 0 amide bonds. The van der Waals surface area contributed by atoms with Crippen molar-refractivity contribution in [1.82, 2.24) is 5.32 Å². The van der Waals surface area contributed by atoms with Crippen molar-refractivity contribution in [1.29, 1.82) is 0 Å². The van der Waals surface area contributed by atoms with Crippen LogP contribution in [0, 0.1) is 11.8 Å². The van der Waals surface area contributed by atoms with Gasteiger partial charge >= 0.3 is 0 Å². The van der Waals surface area contributed by atoms with E-state index >= 15 is 0 Å². The Balaban J connectivity index is 1.31. The van der Waals surface area contributed by atoms with Gasteiger partial charge in [-0.2, -0.15) is 0 Å². The summed E-state index contributed by atoms with van der Waals surface area (Å²) >= 11 is 0.